The molecule has 4 aromatic rings. The van der Waals surface area contributed by atoms with Crippen molar-refractivity contribution in [3.05, 3.63) is 72.7 Å². The highest BCUT2D eigenvalue weighted by atomic mass is 19.1. The van der Waals surface area contributed by atoms with Crippen molar-refractivity contribution in [2.75, 3.05) is 0 Å². The average Bonchev–Trinajstić information content (AvgIpc) is 2.54. The van der Waals surface area contributed by atoms with Crippen LogP contribution in [0.15, 0.2) is 66.9 Å². The standard InChI is InChI=1S/C18H11FN2/c19-15-8-9-16-13(10-15)6-7-14-11-20-18(21-17(14)16)12-4-2-1-3-5-12/h1-11H. The van der Waals surface area contributed by atoms with Gasteiger partial charge in [-0.1, -0.05) is 42.5 Å². The predicted molar refractivity (Wildman–Crippen MR) is 82.4 cm³/mol. The third kappa shape index (κ3) is 2.03. The first-order valence-electron chi connectivity index (χ1n) is 6.72. The van der Waals surface area contributed by atoms with E-state index in [9.17, 15) is 4.39 Å². The van der Waals surface area contributed by atoms with E-state index in [4.69, 9.17) is 0 Å². The van der Waals surface area contributed by atoms with Gasteiger partial charge in [-0.05, 0) is 23.6 Å². The molecule has 0 radical (unpaired) electrons. The summed E-state index contributed by atoms with van der Waals surface area (Å²) in [6, 6.07) is 18.4. The van der Waals surface area contributed by atoms with Gasteiger partial charge in [0.25, 0.3) is 0 Å². The third-order valence-electron chi connectivity index (χ3n) is 3.56. The fourth-order valence-corrected chi connectivity index (χ4v) is 2.52. The number of nitrogens with zero attached hydrogens (tertiary/aromatic N) is 2. The highest BCUT2D eigenvalue weighted by molar-refractivity contribution is 6.05. The molecule has 3 heteroatoms. The Hall–Kier alpha value is -2.81. The zero-order valence-corrected chi connectivity index (χ0v) is 11.1. The first kappa shape index (κ1) is 12.0. The molecule has 0 saturated heterocycles. The molecule has 0 N–H and O–H groups in total. The quantitative estimate of drug-likeness (QED) is 0.474. The van der Waals surface area contributed by atoms with E-state index in [1.807, 2.05) is 48.7 Å². The molecular formula is C18H11FN2. The van der Waals surface area contributed by atoms with Gasteiger partial charge < -0.3 is 0 Å². The van der Waals surface area contributed by atoms with Crippen molar-refractivity contribution in [1.29, 1.82) is 0 Å². The Morgan fingerprint density at radius 3 is 2.48 bits per heavy atom. The first-order chi connectivity index (χ1) is 10.3. The Kier molecular flexibility index (Phi) is 2.64. The summed E-state index contributed by atoms with van der Waals surface area (Å²) in [5.41, 5.74) is 1.82. The smallest absolute Gasteiger partial charge is 0.159 e. The van der Waals surface area contributed by atoms with Crippen molar-refractivity contribution in [1.82, 2.24) is 9.97 Å². The molecular weight excluding hydrogens is 263 g/mol. The van der Waals surface area contributed by atoms with Gasteiger partial charge in [-0.15, -0.1) is 0 Å². The molecule has 1 aromatic heterocycles. The van der Waals surface area contributed by atoms with Crippen LogP contribution < -0.4 is 0 Å². The van der Waals surface area contributed by atoms with Gasteiger partial charge in [0, 0.05) is 22.5 Å². The topological polar surface area (TPSA) is 25.8 Å². The van der Waals surface area contributed by atoms with E-state index in [2.05, 4.69) is 9.97 Å². The van der Waals surface area contributed by atoms with E-state index < -0.39 is 0 Å². The highest BCUT2D eigenvalue weighted by Gasteiger charge is 2.06. The van der Waals surface area contributed by atoms with Gasteiger partial charge in [0.05, 0.1) is 5.52 Å². The van der Waals surface area contributed by atoms with Gasteiger partial charge in [0.2, 0.25) is 0 Å². The summed E-state index contributed by atoms with van der Waals surface area (Å²) in [5, 5.41) is 2.74. The Morgan fingerprint density at radius 2 is 1.62 bits per heavy atom. The summed E-state index contributed by atoms with van der Waals surface area (Å²) in [5.74, 6) is 0.444. The number of rotatable bonds is 1. The summed E-state index contributed by atoms with van der Waals surface area (Å²) in [4.78, 5) is 9.09. The van der Waals surface area contributed by atoms with Gasteiger partial charge in [-0.25, -0.2) is 14.4 Å². The van der Waals surface area contributed by atoms with Crippen LogP contribution in [0.25, 0.3) is 33.1 Å². The lowest BCUT2D eigenvalue weighted by atomic mass is 10.1. The fraction of sp³-hybridized carbons (Fsp3) is 0. The van der Waals surface area contributed by atoms with Crippen LogP contribution in [0, 0.1) is 5.82 Å². The Bertz CT molecular complexity index is 949. The van der Waals surface area contributed by atoms with Crippen molar-refractivity contribution < 1.29 is 4.39 Å². The van der Waals surface area contributed by atoms with E-state index in [1.54, 1.807) is 6.07 Å². The Morgan fingerprint density at radius 1 is 0.810 bits per heavy atom. The molecule has 3 aromatic carbocycles. The van der Waals surface area contributed by atoms with Gasteiger partial charge >= 0.3 is 0 Å². The van der Waals surface area contributed by atoms with Crippen LogP contribution in [0.4, 0.5) is 4.39 Å². The number of fused-ring (bicyclic) bond motifs is 3. The van der Waals surface area contributed by atoms with Gasteiger partial charge in [-0.2, -0.15) is 0 Å². The molecule has 0 fully saturated rings. The van der Waals surface area contributed by atoms with Crippen molar-refractivity contribution in [2.24, 2.45) is 0 Å². The third-order valence-corrected chi connectivity index (χ3v) is 3.56. The minimum atomic E-state index is -0.237. The fourth-order valence-electron chi connectivity index (χ4n) is 2.52. The van der Waals surface area contributed by atoms with Crippen LogP contribution in [0.2, 0.25) is 0 Å². The Labute approximate surface area is 120 Å². The maximum absolute atomic E-state index is 13.3. The number of hydrogen-bond donors (Lipinski definition) is 0. The van der Waals surface area contributed by atoms with E-state index in [-0.39, 0.29) is 5.82 Å². The van der Waals surface area contributed by atoms with Crippen molar-refractivity contribution in [3.8, 4) is 11.4 Å². The summed E-state index contributed by atoms with van der Waals surface area (Å²) < 4.78 is 13.3. The van der Waals surface area contributed by atoms with Gasteiger partial charge in [-0.3, -0.25) is 0 Å². The molecule has 0 bridgehead atoms. The van der Waals surface area contributed by atoms with Gasteiger partial charge in [0.15, 0.2) is 5.82 Å². The van der Waals surface area contributed by atoms with Crippen LogP contribution in [0.3, 0.4) is 0 Å². The number of aromatic nitrogens is 2. The molecule has 0 aliphatic heterocycles. The molecule has 4 rings (SSSR count). The summed E-state index contributed by atoms with van der Waals surface area (Å²) in [7, 11) is 0. The lowest BCUT2D eigenvalue weighted by molar-refractivity contribution is 0.630. The molecule has 0 aliphatic rings. The minimum Gasteiger partial charge on any atom is -0.236 e. The molecule has 0 unspecified atom stereocenters. The van der Waals surface area contributed by atoms with Gasteiger partial charge in [0.1, 0.15) is 5.82 Å². The minimum absolute atomic E-state index is 0.237. The molecule has 0 saturated carbocycles. The summed E-state index contributed by atoms with van der Waals surface area (Å²) in [6.45, 7) is 0. The second kappa shape index (κ2) is 4.63. The normalized spacial score (nSPS) is 11.1. The maximum Gasteiger partial charge on any atom is 0.159 e. The second-order valence-electron chi connectivity index (χ2n) is 4.93. The van der Waals surface area contributed by atoms with Crippen LogP contribution in [-0.4, -0.2) is 9.97 Å². The SMILES string of the molecule is Fc1ccc2c(ccc3cnc(-c4ccccc4)nc32)c1. The largest absolute Gasteiger partial charge is 0.236 e. The lowest BCUT2D eigenvalue weighted by Gasteiger charge is -2.05. The van der Waals surface area contributed by atoms with Crippen LogP contribution >= 0.6 is 0 Å². The molecule has 0 atom stereocenters. The molecule has 0 spiro atoms. The summed E-state index contributed by atoms with van der Waals surface area (Å²) >= 11 is 0. The molecule has 0 aliphatic carbocycles. The second-order valence-corrected chi connectivity index (χ2v) is 4.93. The van der Waals surface area contributed by atoms with Crippen LogP contribution in [-0.2, 0) is 0 Å². The van der Waals surface area contributed by atoms with Crippen molar-refractivity contribution in [3.63, 3.8) is 0 Å². The number of benzene rings is 3. The first-order valence-corrected chi connectivity index (χ1v) is 6.72. The molecule has 100 valence electrons. The molecule has 0 amide bonds. The lowest BCUT2D eigenvalue weighted by Crippen LogP contribution is -1.91. The predicted octanol–water partition coefficient (Wildman–Crippen LogP) is 4.59. The number of hydrogen-bond acceptors (Lipinski definition) is 2. The van der Waals surface area contributed by atoms with E-state index >= 15 is 0 Å². The van der Waals surface area contributed by atoms with Crippen LogP contribution in [0.1, 0.15) is 0 Å². The monoisotopic (exact) mass is 274 g/mol. The van der Waals surface area contributed by atoms with Crippen molar-refractivity contribution in [2.45, 2.75) is 0 Å². The zero-order valence-electron chi connectivity index (χ0n) is 11.1. The molecule has 1 heterocycles. The van der Waals surface area contributed by atoms with Crippen molar-refractivity contribution >= 4 is 21.7 Å². The van der Waals surface area contributed by atoms with E-state index in [1.165, 1.54) is 12.1 Å². The highest BCUT2D eigenvalue weighted by Crippen LogP contribution is 2.26. The molecule has 21 heavy (non-hydrogen) atoms. The van der Waals surface area contributed by atoms with Crippen LogP contribution in [0.5, 0.6) is 0 Å². The summed E-state index contributed by atoms with van der Waals surface area (Å²) in [6.07, 6.45) is 1.81. The maximum atomic E-state index is 13.3. The zero-order chi connectivity index (χ0) is 14.2. The van der Waals surface area contributed by atoms with E-state index in [0.29, 0.717) is 5.82 Å². The Balaban J connectivity index is 2.03. The average molecular weight is 274 g/mol. The van der Waals surface area contributed by atoms with E-state index in [0.717, 1.165) is 27.2 Å². The number of halogens is 1. The molecule has 2 nitrogen and oxygen atoms in total.